The number of hydrogen-bond acceptors (Lipinski definition) is 5. The smallest absolute Gasteiger partial charge is 0.154 e. The van der Waals surface area contributed by atoms with Crippen molar-refractivity contribution >= 4 is 23.0 Å². The van der Waals surface area contributed by atoms with Gasteiger partial charge in [-0.15, -0.1) is 0 Å². The van der Waals surface area contributed by atoms with Crippen LogP contribution in [0.2, 0.25) is 0 Å². The number of hydrogen-bond donors (Lipinski definition) is 1. The third kappa shape index (κ3) is 2.07. The molecule has 0 amide bonds. The minimum absolute atomic E-state index is 0.786. The molecule has 2 heterocycles. The molecule has 19 heavy (non-hydrogen) atoms. The van der Waals surface area contributed by atoms with Gasteiger partial charge in [0.2, 0.25) is 0 Å². The number of nitrogens with zero attached hydrogens (tertiary/aromatic N) is 4. The lowest BCUT2D eigenvalue weighted by Gasteiger charge is -2.36. The van der Waals surface area contributed by atoms with E-state index in [1.807, 2.05) is 13.2 Å². The van der Waals surface area contributed by atoms with Gasteiger partial charge in [0.25, 0.3) is 0 Å². The first-order chi connectivity index (χ1) is 9.29. The van der Waals surface area contributed by atoms with E-state index in [4.69, 9.17) is 0 Å². The summed E-state index contributed by atoms with van der Waals surface area (Å²) in [5.74, 6) is 1.67. The second-order valence-corrected chi connectivity index (χ2v) is 4.57. The Balaban J connectivity index is 2.04. The Bertz CT molecular complexity index is 584. The van der Waals surface area contributed by atoms with Crippen molar-refractivity contribution in [3.05, 3.63) is 36.7 Å². The fraction of sp³-hybridized carbons (Fsp3) is 0.286. The van der Waals surface area contributed by atoms with Crippen LogP contribution in [-0.2, 0) is 0 Å². The highest BCUT2D eigenvalue weighted by Crippen LogP contribution is 2.35. The predicted octanol–water partition coefficient (Wildman–Crippen LogP) is 2.11. The van der Waals surface area contributed by atoms with Crippen molar-refractivity contribution in [2.24, 2.45) is 0 Å². The van der Waals surface area contributed by atoms with E-state index in [0.29, 0.717) is 0 Å². The fourth-order valence-corrected chi connectivity index (χ4v) is 2.35. The molecule has 1 aliphatic rings. The van der Waals surface area contributed by atoms with E-state index in [1.54, 1.807) is 6.20 Å². The summed E-state index contributed by atoms with van der Waals surface area (Å²) < 4.78 is 0. The third-order valence-electron chi connectivity index (χ3n) is 3.40. The molecule has 1 aromatic heterocycles. The number of benzene rings is 1. The zero-order chi connectivity index (χ0) is 13.2. The molecule has 0 aliphatic carbocycles. The van der Waals surface area contributed by atoms with E-state index in [-0.39, 0.29) is 0 Å². The Morgan fingerprint density at radius 2 is 1.89 bits per heavy atom. The van der Waals surface area contributed by atoms with Crippen LogP contribution in [0.3, 0.4) is 0 Å². The summed E-state index contributed by atoms with van der Waals surface area (Å²) in [6, 6.07) is 8.38. The van der Waals surface area contributed by atoms with Crippen LogP contribution < -0.4 is 15.1 Å². The molecule has 2 aromatic rings. The number of aromatic nitrogens is 2. The molecule has 5 nitrogen and oxygen atoms in total. The van der Waals surface area contributed by atoms with Gasteiger partial charge in [0.1, 0.15) is 5.82 Å². The summed E-state index contributed by atoms with van der Waals surface area (Å²) in [6.07, 6.45) is 3.54. The van der Waals surface area contributed by atoms with Crippen molar-refractivity contribution in [2.75, 3.05) is 42.3 Å². The molecule has 1 N–H and O–H groups in total. The zero-order valence-electron chi connectivity index (χ0n) is 11.2. The van der Waals surface area contributed by atoms with Gasteiger partial charge in [0, 0.05) is 27.2 Å². The van der Waals surface area contributed by atoms with Gasteiger partial charge in [-0.05, 0) is 12.1 Å². The molecule has 5 heteroatoms. The molecule has 1 aliphatic heterocycles. The van der Waals surface area contributed by atoms with Crippen molar-refractivity contribution in [3.8, 4) is 0 Å². The molecular formula is C14H17N5. The second-order valence-electron chi connectivity index (χ2n) is 4.57. The molecule has 0 atom stereocenters. The standard InChI is InChI=1S/C14H17N5/c1-15-13-9-16-10-14(17-13)19-8-7-18(2)11-5-3-4-6-12(11)19/h3-6,9-10H,7-8H2,1-2H3,(H,15,17). The quantitative estimate of drug-likeness (QED) is 0.890. The lowest BCUT2D eigenvalue weighted by molar-refractivity contribution is 0.811. The van der Waals surface area contributed by atoms with Gasteiger partial charge in [0.15, 0.2) is 5.82 Å². The fourth-order valence-electron chi connectivity index (χ4n) is 2.35. The Labute approximate surface area is 112 Å². The van der Waals surface area contributed by atoms with Crippen molar-refractivity contribution in [3.63, 3.8) is 0 Å². The topological polar surface area (TPSA) is 44.3 Å². The van der Waals surface area contributed by atoms with Gasteiger partial charge in [-0.3, -0.25) is 4.98 Å². The van der Waals surface area contributed by atoms with Crippen molar-refractivity contribution < 1.29 is 0 Å². The molecule has 1 aromatic carbocycles. The van der Waals surface area contributed by atoms with Crippen LogP contribution in [0.4, 0.5) is 23.0 Å². The minimum atomic E-state index is 0.786. The Morgan fingerprint density at radius 3 is 2.68 bits per heavy atom. The largest absolute Gasteiger partial charge is 0.372 e. The summed E-state index contributed by atoms with van der Waals surface area (Å²) in [5.41, 5.74) is 2.41. The Hall–Kier alpha value is -2.30. The molecule has 0 bridgehead atoms. The molecule has 0 unspecified atom stereocenters. The van der Waals surface area contributed by atoms with Crippen LogP contribution in [-0.4, -0.2) is 37.2 Å². The third-order valence-corrected chi connectivity index (χ3v) is 3.40. The summed E-state index contributed by atoms with van der Waals surface area (Å²) in [7, 11) is 3.97. The molecule has 0 radical (unpaired) electrons. The van der Waals surface area contributed by atoms with Crippen molar-refractivity contribution in [1.82, 2.24) is 9.97 Å². The highest BCUT2D eigenvalue weighted by atomic mass is 15.3. The lowest BCUT2D eigenvalue weighted by Crippen LogP contribution is -2.36. The van der Waals surface area contributed by atoms with E-state index >= 15 is 0 Å². The molecule has 3 rings (SSSR count). The van der Waals surface area contributed by atoms with E-state index in [2.05, 4.69) is 56.4 Å². The summed E-state index contributed by atoms with van der Waals surface area (Å²) in [5, 5.41) is 3.03. The maximum absolute atomic E-state index is 4.57. The van der Waals surface area contributed by atoms with Crippen molar-refractivity contribution in [1.29, 1.82) is 0 Å². The van der Waals surface area contributed by atoms with E-state index in [0.717, 1.165) is 24.7 Å². The van der Waals surface area contributed by atoms with Gasteiger partial charge >= 0.3 is 0 Å². The number of nitrogens with one attached hydrogen (secondary N) is 1. The molecule has 0 saturated heterocycles. The van der Waals surface area contributed by atoms with Gasteiger partial charge in [0.05, 0.1) is 23.8 Å². The number of para-hydroxylation sites is 2. The zero-order valence-corrected chi connectivity index (χ0v) is 11.2. The summed E-state index contributed by atoms with van der Waals surface area (Å²) in [6.45, 7) is 1.89. The predicted molar refractivity (Wildman–Crippen MR) is 78.3 cm³/mol. The van der Waals surface area contributed by atoms with Crippen LogP contribution in [0.15, 0.2) is 36.7 Å². The van der Waals surface area contributed by atoms with Crippen LogP contribution in [0.1, 0.15) is 0 Å². The van der Waals surface area contributed by atoms with Crippen LogP contribution in [0, 0.1) is 0 Å². The first-order valence-electron chi connectivity index (χ1n) is 6.37. The highest BCUT2D eigenvalue weighted by molar-refractivity contribution is 5.78. The van der Waals surface area contributed by atoms with Gasteiger partial charge in [-0.1, -0.05) is 12.1 Å². The minimum Gasteiger partial charge on any atom is -0.372 e. The lowest BCUT2D eigenvalue weighted by atomic mass is 10.2. The summed E-state index contributed by atoms with van der Waals surface area (Å²) >= 11 is 0. The van der Waals surface area contributed by atoms with Crippen LogP contribution >= 0.6 is 0 Å². The molecular weight excluding hydrogens is 238 g/mol. The number of fused-ring (bicyclic) bond motifs is 1. The SMILES string of the molecule is CNc1cncc(N2CCN(C)c3ccccc32)n1. The van der Waals surface area contributed by atoms with E-state index in [1.165, 1.54) is 11.4 Å². The monoisotopic (exact) mass is 255 g/mol. The maximum Gasteiger partial charge on any atom is 0.154 e. The van der Waals surface area contributed by atoms with E-state index < -0.39 is 0 Å². The first-order valence-corrected chi connectivity index (χ1v) is 6.37. The molecule has 98 valence electrons. The van der Waals surface area contributed by atoms with Crippen molar-refractivity contribution in [2.45, 2.75) is 0 Å². The van der Waals surface area contributed by atoms with Gasteiger partial charge in [-0.25, -0.2) is 4.98 Å². The Morgan fingerprint density at radius 1 is 1.11 bits per heavy atom. The molecule has 0 saturated carbocycles. The van der Waals surface area contributed by atoms with Gasteiger partial charge in [-0.2, -0.15) is 0 Å². The number of likely N-dealkylation sites (N-methyl/N-ethyl adjacent to an activating group) is 1. The Kier molecular flexibility index (Phi) is 2.95. The molecule has 0 spiro atoms. The second kappa shape index (κ2) is 4.76. The number of anilines is 4. The highest BCUT2D eigenvalue weighted by Gasteiger charge is 2.22. The summed E-state index contributed by atoms with van der Waals surface area (Å²) in [4.78, 5) is 13.3. The first kappa shape index (κ1) is 11.8. The average Bonchev–Trinajstić information content (AvgIpc) is 2.48. The number of rotatable bonds is 2. The van der Waals surface area contributed by atoms with E-state index in [9.17, 15) is 0 Å². The molecule has 0 fully saturated rings. The average molecular weight is 255 g/mol. The van der Waals surface area contributed by atoms with Crippen LogP contribution in [0.5, 0.6) is 0 Å². The van der Waals surface area contributed by atoms with Crippen LogP contribution in [0.25, 0.3) is 0 Å². The maximum atomic E-state index is 4.57. The normalized spacial score (nSPS) is 14.2. The van der Waals surface area contributed by atoms with Gasteiger partial charge < -0.3 is 15.1 Å².